The Kier molecular flexibility index (Phi) is 4.44. The summed E-state index contributed by atoms with van der Waals surface area (Å²) in [5, 5.41) is 3.56. The second-order valence-electron chi connectivity index (χ2n) is 3.58. The van der Waals surface area contributed by atoms with Crippen molar-refractivity contribution in [2.45, 2.75) is 25.8 Å². The summed E-state index contributed by atoms with van der Waals surface area (Å²) >= 11 is 3.43. The van der Waals surface area contributed by atoms with Crippen molar-refractivity contribution in [3.05, 3.63) is 33.2 Å². The van der Waals surface area contributed by atoms with Crippen LogP contribution in [0.3, 0.4) is 0 Å². The van der Waals surface area contributed by atoms with Crippen LogP contribution in [0.4, 0.5) is 0 Å². The summed E-state index contributed by atoms with van der Waals surface area (Å²) in [6.07, 6.45) is 6.07. The van der Waals surface area contributed by atoms with Crippen molar-refractivity contribution in [3.8, 4) is 0 Å². The molecule has 0 aliphatic rings. The monoisotopic (exact) mass is 253 g/mol. The molecule has 0 fully saturated rings. The molecular weight excluding hydrogens is 238 g/mol. The summed E-state index contributed by atoms with van der Waals surface area (Å²) in [4.78, 5) is 10.9. The number of hydrogen-bond donors (Lipinski definition) is 1. The number of nitrogens with zero attached hydrogens (tertiary/aromatic N) is 2. The van der Waals surface area contributed by atoms with E-state index in [0.717, 1.165) is 19.4 Å². The molecular formula is C11H15N3S2. The number of thiazole rings is 2. The van der Waals surface area contributed by atoms with Crippen molar-refractivity contribution in [2.75, 3.05) is 6.54 Å². The average molecular weight is 253 g/mol. The van der Waals surface area contributed by atoms with E-state index in [1.165, 1.54) is 9.75 Å². The summed E-state index contributed by atoms with van der Waals surface area (Å²) in [7, 11) is 0. The molecule has 2 aromatic heterocycles. The minimum absolute atomic E-state index is 0.382. The number of hydrogen-bond acceptors (Lipinski definition) is 5. The van der Waals surface area contributed by atoms with Gasteiger partial charge in [-0.05, 0) is 13.0 Å². The smallest absolute Gasteiger partial charge is 0.0794 e. The maximum absolute atomic E-state index is 4.15. The molecule has 2 heterocycles. The maximum Gasteiger partial charge on any atom is 0.0794 e. The quantitative estimate of drug-likeness (QED) is 0.860. The van der Waals surface area contributed by atoms with Crippen LogP contribution >= 0.6 is 22.7 Å². The Balaban J connectivity index is 2.03. The molecule has 5 heteroatoms. The maximum atomic E-state index is 4.15. The van der Waals surface area contributed by atoms with Crippen LogP contribution in [0.1, 0.15) is 29.1 Å². The van der Waals surface area contributed by atoms with Gasteiger partial charge in [-0.25, -0.2) is 0 Å². The van der Waals surface area contributed by atoms with Gasteiger partial charge in [0.2, 0.25) is 0 Å². The van der Waals surface area contributed by atoms with Gasteiger partial charge >= 0.3 is 0 Å². The highest BCUT2D eigenvalue weighted by atomic mass is 32.1. The third-order valence-corrected chi connectivity index (χ3v) is 4.02. The molecule has 0 saturated heterocycles. The molecule has 86 valence electrons. The highest BCUT2D eigenvalue weighted by Gasteiger charge is 2.13. The lowest BCUT2D eigenvalue weighted by atomic mass is 10.1. The molecule has 1 N–H and O–H groups in total. The Hall–Kier alpha value is -0.780. The van der Waals surface area contributed by atoms with E-state index in [-0.39, 0.29) is 0 Å². The molecule has 0 amide bonds. The zero-order valence-electron chi connectivity index (χ0n) is 9.22. The van der Waals surface area contributed by atoms with Gasteiger partial charge in [-0.15, -0.1) is 22.7 Å². The van der Waals surface area contributed by atoms with E-state index in [1.807, 2.05) is 23.4 Å². The number of aromatic nitrogens is 2. The first-order chi connectivity index (χ1) is 7.90. The zero-order chi connectivity index (χ0) is 11.2. The van der Waals surface area contributed by atoms with Crippen molar-refractivity contribution in [1.29, 1.82) is 0 Å². The summed E-state index contributed by atoms with van der Waals surface area (Å²) < 4.78 is 0. The summed E-state index contributed by atoms with van der Waals surface area (Å²) in [6, 6.07) is 0.382. The van der Waals surface area contributed by atoms with E-state index in [0.29, 0.717) is 6.04 Å². The van der Waals surface area contributed by atoms with E-state index in [2.05, 4.69) is 22.2 Å². The van der Waals surface area contributed by atoms with Crippen molar-refractivity contribution < 1.29 is 0 Å². The standard InChI is InChI=1S/C11H15N3S2/c1-2-3-14-10(11-6-13-8-16-11)4-9-5-12-7-15-9/h5-8,10,14H,2-4H2,1H3. The van der Waals surface area contributed by atoms with Crippen LogP contribution in [0, 0.1) is 0 Å². The van der Waals surface area contributed by atoms with E-state index >= 15 is 0 Å². The molecule has 0 aliphatic carbocycles. The summed E-state index contributed by atoms with van der Waals surface area (Å²) in [5.74, 6) is 0. The van der Waals surface area contributed by atoms with E-state index in [9.17, 15) is 0 Å². The molecule has 0 aromatic carbocycles. The van der Waals surface area contributed by atoms with Crippen molar-refractivity contribution in [3.63, 3.8) is 0 Å². The molecule has 2 aromatic rings. The Morgan fingerprint density at radius 2 is 2.06 bits per heavy atom. The third kappa shape index (κ3) is 3.10. The van der Waals surface area contributed by atoms with E-state index < -0.39 is 0 Å². The van der Waals surface area contributed by atoms with Gasteiger partial charge in [-0.3, -0.25) is 9.97 Å². The minimum Gasteiger partial charge on any atom is -0.309 e. The lowest BCUT2D eigenvalue weighted by molar-refractivity contribution is 0.538. The molecule has 3 nitrogen and oxygen atoms in total. The van der Waals surface area contributed by atoms with Crippen LogP contribution in [0.2, 0.25) is 0 Å². The Labute approximate surface area is 104 Å². The third-order valence-electron chi connectivity index (χ3n) is 2.32. The van der Waals surface area contributed by atoms with Crippen LogP contribution in [0.5, 0.6) is 0 Å². The fourth-order valence-electron chi connectivity index (χ4n) is 1.53. The second kappa shape index (κ2) is 6.08. The van der Waals surface area contributed by atoms with Gasteiger partial charge in [-0.1, -0.05) is 6.92 Å². The van der Waals surface area contributed by atoms with Gasteiger partial charge in [0.15, 0.2) is 0 Å². The molecule has 2 rings (SSSR count). The average Bonchev–Trinajstić information content (AvgIpc) is 2.96. The highest BCUT2D eigenvalue weighted by Crippen LogP contribution is 2.23. The van der Waals surface area contributed by atoms with E-state index in [4.69, 9.17) is 0 Å². The Bertz CT molecular complexity index is 383. The predicted octanol–water partition coefficient (Wildman–Crippen LogP) is 2.88. The van der Waals surface area contributed by atoms with E-state index in [1.54, 1.807) is 22.7 Å². The second-order valence-corrected chi connectivity index (χ2v) is 5.47. The van der Waals surface area contributed by atoms with Gasteiger partial charge in [0.1, 0.15) is 0 Å². The van der Waals surface area contributed by atoms with Crippen LogP contribution < -0.4 is 5.32 Å². The van der Waals surface area contributed by atoms with Gasteiger partial charge in [0.05, 0.1) is 11.0 Å². The van der Waals surface area contributed by atoms with Crippen molar-refractivity contribution >= 4 is 22.7 Å². The molecule has 16 heavy (non-hydrogen) atoms. The Morgan fingerprint density at radius 1 is 1.25 bits per heavy atom. The van der Waals surface area contributed by atoms with Crippen LogP contribution in [-0.2, 0) is 6.42 Å². The van der Waals surface area contributed by atoms with Gasteiger partial charge in [0.25, 0.3) is 0 Å². The lowest BCUT2D eigenvalue weighted by Gasteiger charge is -2.15. The van der Waals surface area contributed by atoms with Crippen molar-refractivity contribution in [1.82, 2.24) is 15.3 Å². The van der Waals surface area contributed by atoms with Gasteiger partial charge < -0.3 is 5.32 Å². The summed E-state index contributed by atoms with van der Waals surface area (Å²) in [6.45, 7) is 3.23. The SMILES string of the molecule is CCCNC(Cc1cncs1)c1cncs1. The Morgan fingerprint density at radius 3 is 2.69 bits per heavy atom. The first kappa shape index (κ1) is 11.7. The van der Waals surface area contributed by atoms with Gasteiger partial charge in [-0.2, -0.15) is 0 Å². The fourth-order valence-corrected chi connectivity index (χ4v) is 2.87. The molecule has 0 radical (unpaired) electrons. The zero-order valence-corrected chi connectivity index (χ0v) is 10.9. The number of nitrogens with one attached hydrogen (secondary N) is 1. The van der Waals surface area contributed by atoms with Crippen molar-refractivity contribution in [2.24, 2.45) is 0 Å². The minimum atomic E-state index is 0.382. The van der Waals surface area contributed by atoms with Crippen LogP contribution in [0.15, 0.2) is 23.4 Å². The molecule has 0 aliphatic heterocycles. The van der Waals surface area contributed by atoms with Crippen LogP contribution in [0.25, 0.3) is 0 Å². The largest absolute Gasteiger partial charge is 0.309 e. The normalized spacial score (nSPS) is 12.8. The molecule has 0 spiro atoms. The molecule has 1 atom stereocenters. The lowest BCUT2D eigenvalue weighted by Crippen LogP contribution is -2.23. The van der Waals surface area contributed by atoms with Crippen LogP contribution in [-0.4, -0.2) is 16.5 Å². The first-order valence-corrected chi connectivity index (χ1v) is 7.15. The van der Waals surface area contributed by atoms with Gasteiger partial charge in [0, 0.05) is 34.6 Å². The predicted molar refractivity (Wildman–Crippen MR) is 69.0 cm³/mol. The molecule has 0 saturated carbocycles. The fraction of sp³-hybridized carbons (Fsp3) is 0.455. The topological polar surface area (TPSA) is 37.8 Å². The molecule has 0 bridgehead atoms. The summed E-state index contributed by atoms with van der Waals surface area (Å²) in [5.41, 5.74) is 3.78. The highest BCUT2D eigenvalue weighted by molar-refractivity contribution is 7.10. The first-order valence-electron chi connectivity index (χ1n) is 5.39. The molecule has 1 unspecified atom stereocenters. The number of rotatable bonds is 6.